The van der Waals surface area contributed by atoms with Crippen LogP contribution < -0.4 is 5.32 Å². The number of aromatic nitrogens is 4. The molecule has 0 saturated heterocycles. The molecule has 0 saturated carbocycles. The van der Waals surface area contributed by atoms with Crippen LogP contribution >= 0.6 is 11.7 Å². The van der Waals surface area contributed by atoms with Crippen molar-refractivity contribution in [3.05, 3.63) is 78.6 Å². The Kier molecular flexibility index (Phi) is 3.65. The van der Waals surface area contributed by atoms with Crippen LogP contribution in [0.3, 0.4) is 0 Å². The zero-order chi connectivity index (χ0) is 18.2. The SMILES string of the molecule is O=C(Nc1ccc(-c2cn3ccccc3n2)cc1)c1ccc2nsnc2c1. The number of nitrogens with zero attached hydrogens (tertiary/aromatic N) is 4. The molecule has 7 heteroatoms. The second-order valence-electron chi connectivity index (χ2n) is 6.09. The van der Waals surface area contributed by atoms with Crippen LogP contribution in [0.15, 0.2) is 73.1 Å². The Morgan fingerprint density at radius 2 is 1.81 bits per heavy atom. The second-order valence-corrected chi connectivity index (χ2v) is 6.62. The quantitative estimate of drug-likeness (QED) is 0.514. The summed E-state index contributed by atoms with van der Waals surface area (Å²) in [6.45, 7) is 0. The monoisotopic (exact) mass is 371 g/mol. The fourth-order valence-electron chi connectivity index (χ4n) is 2.92. The van der Waals surface area contributed by atoms with Crippen LogP contribution in [0.4, 0.5) is 5.69 Å². The number of benzene rings is 2. The molecular formula is C20H13N5OS. The molecule has 3 heterocycles. The molecule has 0 unspecified atom stereocenters. The molecule has 0 aliphatic carbocycles. The maximum absolute atomic E-state index is 12.5. The third-order valence-electron chi connectivity index (χ3n) is 4.32. The van der Waals surface area contributed by atoms with Crippen molar-refractivity contribution in [3.8, 4) is 11.3 Å². The van der Waals surface area contributed by atoms with Gasteiger partial charge in [0.05, 0.1) is 17.4 Å². The first kappa shape index (κ1) is 15.7. The Labute approximate surface area is 158 Å². The average molecular weight is 371 g/mol. The summed E-state index contributed by atoms with van der Waals surface area (Å²) in [5.74, 6) is -0.176. The highest BCUT2D eigenvalue weighted by atomic mass is 32.1. The molecule has 6 nitrogen and oxygen atoms in total. The van der Waals surface area contributed by atoms with Crippen molar-refractivity contribution in [2.75, 3.05) is 5.32 Å². The summed E-state index contributed by atoms with van der Waals surface area (Å²) in [6, 6.07) is 18.9. The lowest BCUT2D eigenvalue weighted by atomic mass is 10.1. The Morgan fingerprint density at radius 1 is 0.963 bits per heavy atom. The van der Waals surface area contributed by atoms with Crippen molar-refractivity contribution in [2.24, 2.45) is 0 Å². The minimum absolute atomic E-state index is 0.176. The van der Waals surface area contributed by atoms with E-state index in [0.29, 0.717) is 5.56 Å². The molecule has 0 fully saturated rings. The summed E-state index contributed by atoms with van der Waals surface area (Å²) in [7, 11) is 0. The van der Waals surface area contributed by atoms with Gasteiger partial charge < -0.3 is 9.72 Å². The lowest BCUT2D eigenvalue weighted by Gasteiger charge is -2.06. The molecule has 0 bridgehead atoms. The highest BCUT2D eigenvalue weighted by Crippen LogP contribution is 2.22. The zero-order valence-corrected chi connectivity index (χ0v) is 14.9. The summed E-state index contributed by atoms with van der Waals surface area (Å²) < 4.78 is 10.3. The highest BCUT2D eigenvalue weighted by Gasteiger charge is 2.09. The minimum atomic E-state index is -0.176. The van der Waals surface area contributed by atoms with Crippen LogP contribution in [0.5, 0.6) is 0 Å². The van der Waals surface area contributed by atoms with E-state index < -0.39 is 0 Å². The van der Waals surface area contributed by atoms with Gasteiger partial charge in [-0.15, -0.1) is 0 Å². The Hall–Kier alpha value is -3.58. The van der Waals surface area contributed by atoms with Gasteiger partial charge in [-0.2, -0.15) is 8.75 Å². The van der Waals surface area contributed by atoms with E-state index in [1.165, 1.54) is 0 Å². The number of hydrogen-bond donors (Lipinski definition) is 1. The number of amides is 1. The Morgan fingerprint density at radius 3 is 2.67 bits per heavy atom. The number of carbonyl (C=O) groups excluding carboxylic acids is 1. The van der Waals surface area contributed by atoms with Gasteiger partial charge in [0.15, 0.2) is 0 Å². The predicted molar refractivity (Wildman–Crippen MR) is 106 cm³/mol. The number of hydrogen-bond acceptors (Lipinski definition) is 5. The molecule has 130 valence electrons. The van der Waals surface area contributed by atoms with Crippen LogP contribution in [-0.2, 0) is 0 Å². The molecule has 2 aromatic carbocycles. The third kappa shape index (κ3) is 2.94. The standard InChI is InChI=1S/C20H13N5OS/c26-20(14-6-9-16-17(11-14)24-27-23-16)21-15-7-4-13(5-8-15)18-12-25-10-2-1-3-19(25)22-18/h1-12H,(H,21,26). The van der Waals surface area contributed by atoms with Gasteiger partial charge in [-0.1, -0.05) is 18.2 Å². The van der Waals surface area contributed by atoms with Crippen molar-refractivity contribution in [1.29, 1.82) is 0 Å². The molecule has 1 amide bonds. The molecule has 0 aliphatic heterocycles. The molecule has 27 heavy (non-hydrogen) atoms. The molecule has 0 atom stereocenters. The first-order chi connectivity index (χ1) is 13.3. The molecule has 0 aliphatic rings. The number of anilines is 1. The molecule has 0 radical (unpaired) electrons. The van der Waals surface area contributed by atoms with Crippen LogP contribution in [0.25, 0.3) is 27.9 Å². The summed E-state index contributed by atoms with van der Waals surface area (Å²) in [6.07, 6.45) is 3.95. The fourth-order valence-corrected chi connectivity index (χ4v) is 3.44. The molecule has 0 spiro atoms. The Balaban J connectivity index is 1.37. The number of fused-ring (bicyclic) bond motifs is 2. The smallest absolute Gasteiger partial charge is 0.255 e. The molecule has 1 N–H and O–H groups in total. The van der Waals surface area contributed by atoms with Crippen LogP contribution in [-0.4, -0.2) is 24.0 Å². The topological polar surface area (TPSA) is 72.2 Å². The minimum Gasteiger partial charge on any atom is -0.322 e. The van der Waals surface area contributed by atoms with E-state index in [9.17, 15) is 4.79 Å². The average Bonchev–Trinajstić information content (AvgIpc) is 3.34. The molecule has 3 aromatic heterocycles. The van der Waals surface area contributed by atoms with Crippen LogP contribution in [0.1, 0.15) is 10.4 Å². The number of pyridine rings is 1. The summed E-state index contributed by atoms with van der Waals surface area (Å²) in [5, 5.41) is 2.91. The predicted octanol–water partition coefficient (Wildman–Crippen LogP) is 4.26. The van der Waals surface area contributed by atoms with Crippen LogP contribution in [0.2, 0.25) is 0 Å². The van der Waals surface area contributed by atoms with Gasteiger partial charge >= 0.3 is 0 Å². The first-order valence-corrected chi connectivity index (χ1v) is 9.07. The summed E-state index contributed by atoms with van der Waals surface area (Å²) >= 11 is 1.14. The third-order valence-corrected chi connectivity index (χ3v) is 4.88. The zero-order valence-electron chi connectivity index (χ0n) is 14.0. The Bertz CT molecular complexity index is 1240. The van der Waals surface area contributed by atoms with E-state index in [-0.39, 0.29) is 5.91 Å². The lowest BCUT2D eigenvalue weighted by Crippen LogP contribution is -2.11. The molecule has 5 rings (SSSR count). The normalized spacial score (nSPS) is 11.1. The van der Waals surface area contributed by atoms with E-state index in [2.05, 4.69) is 19.0 Å². The lowest BCUT2D eigenvalue weighted by molar-refractivity contribution is 0.102. The van der Waals surface area contributed by atoms with E-state index in [0.717, 1.165) is 45.4 Å². The number of carbonyl (C=O) groups is 1. The largest absolute Gasteiger partial charge is 0.322 e. The first-order valence-electron chi connectivity index (χ1n) is 8.34. The fraction of sp³-hybridized carbons (Fsp3) is 0. The summed E-state index contributed by atoms with van der Waals surface area (Å²) in [4.78, 5) is 17.1. The maximum atomic E-state index is 12.5. The van der Waals surface area contributed by atoms with E-state index in [1.807, 2.05) is 59.3 Å². The van der Waals surface area contributed by atoms with Gasteiger partial charge in [0.25, 0.3) is 5.91 Å². The van der Waals surface area contributed by atoms with Gasteiger partial charge in [0.2, 0.25) is 0 Å². The van der Waals surface area contributed by atoms with Gasteiger partial charge in [-0.25, -0.2) is 4.98 Å². The molecular weight excluding hydrogens is 358 g/mol. The van der Waals surface area contributed by atoms with Gasteiger partial charge in [-0.05, 0) is 42.5 Å². The number of nitrogens with one attached hydrogen (secondary N) is 1. The van der Waals surface area contributed by atoms with Crippen LogP contribution in [0, 0.1) is 0 Å². The van der Waals surface area contributed by atoms with Gasteiger partial charge in [-0.3, -0.25) is 4.79 Å². The van der Waals surface area contributed by atoms with E-state index >= 15 is 0 Å². The van der Waals surface area contributed by atoms with Crippen molar-refractivity contribution < 1.29 is 4.79 Å². The van der Waals surface area contributed by atoms with E-state index in [4.69, 9.17) is 0 Å². The van der Waals surface area contributed by atoms with Crippen molar-refractivity contribution in [3.63, 3.8) is 0 Å². The number of imidazole rings is 1. The molecule has 5 aromatic rings. The highest BCUT2D eigenvalue weighted by molar-refractivity contribution is 7.00. The van der Waals surface area contributed by atoms with Crippen molar-refractivity contribution >= 4 is 40.0 Å². The van der Waals surface area contributed by atoms with Gasteiger partial charge in [0.1, 0.15) is 16.7 Å². The second kappa shape index (κ2) is 6.30. The van der Waals surface area contributed by atoms with Crippen molar-refractivity contribution in [2.45, 2.75) is 0 Å². The maximum Gasteiger partial charge on any atom is 0.255 e. The van der Waals surface area contributed by atoms with Crippen molar-refractivity contribution in [1.82, 2.24) is 18.1 Å². The van der Waals surface area contributed by atoms with Gasteiger partial charge in [0, 0.05) is 29.2 Å². The van der Waals surface area contributed by atoms with E-state index in [1.54, 1.807) is 18.2 Å². The summed E-state index contributed by atoms with van der Waals surface area (Å²) in [5.41, 5.74) is 5.59. The number of rotatable bonds is 3.